The summed E-state index contributed by atoms with van der Waals surface area (Å²) in [7, 11) is 0. The van der Waals surface area contributed by atoms with Crippen LogP contribution >= 0.6 is 11.6 Å². The molecule has 1 amide bonds. The zero-order chi connectivity index (χ0) is 8.43. The summed E-state index contributed by atoms with van der Waals surface area (Å²) in [6.07, 6.45) is 0. The molecule has 0 aliphatic rings. The normalized spacial score (nSPS) is 9.64. The molecule has 3 nitrogen and oxygen atoms in total. The first-order valence-electron chi connectivity index (χ1n) is 3.03. The fourth-order valence-corrected chi connectivity index (χ4v) is 1.01. The van der Waals surface area contributed by atoms with Crippen LogP contribution in [0.25, 0.3) is 0 Å². The van der Waals surface area contributed by atoms with E-state index in [1.54, 1.807) is 13.0 Å². The molecule has 2 N–H and O–H groups in total. The standard InChI is InChI=1S/C7H7ClN2O/c1-4-2-5(8)3-6(10-4)7(9)11/h2-3H,1H3,(H2,9,11). The van der Waals surface area contributed by atoms with Crippen molar-refractivity contribution in [3.05, 3.63) is 28.5 Å². The highest BCUT2D eigenvalue weighted by Gasteiger charge is 2.02. The summed E-state index contributed by atoms with van der Waals surface area (Å²) in [4.78, 5) is 14.5. The quantitative estimate of drug-likeness (QED) is 0.687. The van der Waals surface area contributed by atoms with Gasteiger partial charge in [-0.3, -0.25) is 4.79 Å². The van der Waals surface area contributed by atoms with E-state index in [0.29, 0.717) is 10.7 Å². The third kappa shape index (κ3) is 1.91. The monoisotopic (exact) mass is 170 g/mol. The van der Waals surface area contributed by atoms with E-state index in [-0.39, 0.29) is 5.69 Å². The summed E-state index contributed by atoms with van der Waals surface area (Å²) in [6, 6.07) is 3.10. The zero-order valence-corrected chi connectivity index (χ0v) is 6.72. The minimum atomic E-state index is -0.560. The van der Waals surface area contributed by atoms with Crippen LogP contribution in [-0.2, 0) is 0 Å². The van der Waals surface area contributed by atoms with E-state index in [1.807, 2.05) is 0 Å². The Morgan fingerprint density at radius 1 is 1.64 bits per heavy atom. The summed E-state index contributed by atoms with van der Waals surface area (Å²) >= 11 is 5.65. The average Bonchev–Trinajstić information content (AvgIpc) is 1.85. The lowest BCUT2D eigenvalue weighted by Gasteiger charge is -1.97. The van der Waals surface area contributed by atoms with Crippen LogP contribution in [-0.4, -0.2) is 10.9 Å². The first-order chi connectivity index (χ1) is 5.09. The van der Waals surface area contributed by atoms with Gasteiger partial charge in [-0.05, 0) is 19.1 Å². The lowest BCUT2D eigenvalue weighted by Crippen LogP contribution is -2.13. The van der Waals surface area contributed by atoms with Crippen LogP contribution in [0.3, 0.4) is 0 Å². The summed E-state index contributed by atoms with van der Waals surface area (Å²) in [5.41, 5.74) is 5.88. The van der Waals surface area contributed by atoms with E-state index in [1.165, 1.54) is 6.07 Å². The van der Waals surface area contributed by atoms with Crippen LogP contribution in [0.4, 0.5) is 0 Å². The SMILES string of the molecule is Cc1cc(Cl)cc(C(N)=O)n1. The number of aryl methyl sites for hydroxylation is 1. The number of primary amides is 1. The predicted molar refractivity (Wildman–Crippen MR) is 42.5 cm³/mol. The molecule has 0 unspecified atom stereocenters. The molecule has 0 aliphatic carbocycles. The number of halogens is 1. The van der Waals surface area contributed by atoms with Gasteiger partial charge in [-0.2, -0.15) is 0 Å². The average molecular weight is 171 g/mol. The van der Waals surface area contributed by atoms with Gasteiger partial charge in [-0.15, -0.1) is 0 Å². The number of hydrogen-bond acceptors (Lipinski definition) is 2. The van der Waals surface area contributed by atoms with Crippen LogP contribution in [0, 0.1) is 6.92 Å². The van der Waals surface area contributed by atoms with Crippen LogP contribution in [0.15, 0.2) is 12.1 Å². The highest BCUT2D eigenvalue weighted by atomic mass is 35.5. The van der Waals surface area contributed by atoms with Crippen molar-refractivity contribution in [2.45, 2.75) is 6.92 Å². The Morgan fingerprint density at radius 3 is 2.73 bits per heavy atom. The van der Waals surface area contributed by atoms with E-state index in [4.69, 9.17) is 17.3 Å². The minimum absolute atomic E-state index is 0.204. The highest BCUT2D eigenvalue weighted by molar-refractivity contribution is 6.30. The Bertz CT molecular complexity index is 278. The lowest BCUT2D eigenvalue weighted by atomic mass is 10.3. The van der Waals surface area contributed by atoms with Gasteiger partial charge in [-0.1, -0.05) is 11.6 Å². The van der Waals surface area contributed by atoms with Crippen molar-refractivity contribution >= 4 is 17.5 Å². The molecule has 0 atom stereocenters. The summed E-state index contributed by atoms with van der Waals surface area (Å²) < 4.78 is 0. The van der Waals surface area contributed by atoms with E-state index in [9.17, 15) is 4.79 Å². The maximum absolute atomic E-state index is 10.6. The van der Waals surface area contributed by atoms with Gasteiger partial charge < -0.3 is 5.73 Å². The van der Waals surface area contributed by atoms with E-state index in [2.05, 4.69) is 4.98 Å². The van der Waals surface area contributed by atoms with Gasteiger partial charge in [0.15, 0.2) is 0 Å². The molecule has 0 spiro atoms. The largest absolute Gasteiger partial charge is 0.364 e. The summed E-state index contributed by atoms with van der Waals surface area (Å²) in [5, 5.41) is 0.478. The fraction of sp³-hybridized carbons (Fsp3) is 0.143. The van der Waals surface area contributed by atoms with Gasteiger partial charge in [0.2, 0.25) is 0 Å². The number of nitrogens with zero attached hydrogens (tertiary/aromatic N) is 1. The van der Waals surface area contributed by atoms with Gasteiger partial charge >= 0.3 is 0 Å². The number of amides is 1. The van der Waals surface area contributed by atoms with E-state index < -0.39 is 5.91 Å². The Balaban J connectivity index is 3.19. The van der Waals surface area contributed by atoms with Crippen molar-refractivity contribution in [1.29, 1.82) is 0 Å². The Hall–Kier alpha value is -1.09. The zero-order valence-electron chi connectivity index (χ0n) is 5.97. The Morgan fingerprint density at radius 2 is 2.27 bits per heavy atom. The first kappa shape index (κ1) is 8.01. The van der Waals surface area contributed by atoms with Crippen molar-refractivity contribution in [3.8, 4) is 0 Å². The number of aromatic nitrogens is 1. The van der Waals surface area contributed by atoms with Crippen molar-refractivity contribution in [2.75, 3.05) is 0 Å². The van der Waals surface area contributed by atoms with Gasteiger partial charge in [0, 0.05) is 10.7 Å². The molecule has 1 heterocycles. The molecule has 4 heteroatoms. The molecule has 0 aliphatic heterocycles. The molecule has 11 heavy (non-hydrogen) atoms. The van der Waals surface area contributed by atoms with Crippen LogP contribution in [0.2, 0.25) is 5.02 Å². The second kappa shape index (κ2) is 2.88. The number of rotatable bonds is 1. The van der Waals surface area contributed by atoms with Crippen molar-refractivity contribution in [1.82, 2.24) is 4.98 Å². The van der Waals surface area contributed by atoms with E-state index >= 15 is 0 Å². The molecule has 0 saturated heterocycles. The maximum atomic E-state index is 10.6. The molecule has 1 aromatic rings. The number of pyridine rings is 1. The van der Waals surface area contributed by atoms with Crippen molar-refractivity contribution < 1.29 is 4.79 Å². The molecule has 58 valence electrons. The molecular weight excluding hydrogens is 164 g/mol. The van der Waals surface area contributed by atoms with Crippen LogP contribution < -0.4 is 5.73 Å². The predicted octanol–water partition coefficient (Wildman–Crippen LogP) is 1.14. The molecule has 0 aromatic carbocycles. The van der Waals surface area contributed by atoms with Crippen molar-refractivity contribution in [3.63, 3.8) is 0 Å². The second-order valence-electron chi connectivity index (χ2n) is 2.18. The molecule has 0 bridgehead atoms. The third-order valence-corrected chi connectivity index (χ3v) is 1.39. The maximum Gasteiger partial charge on any atom is 0.267 e. The van der Waals surface area contributed by atoms with Gasteiger partial charge in [0.1, 0.15) is 5.69 Å². The smallest absolute Gasteiger partial charge is 0.267 e. The van der Waals surface area contributed by atoms with Crippen LogP contribution in [0.5, 0.6) is 0 Å². The third-order valence-electron chi connectivity index (χ3n) is 1.17. The lowest BCUT2D eigenvalue weighted by molar-refractivity contribution is 0.0995. The van der Waals surface area contributed by atoms with Crippen molar-refractivity contribution in [2.24, 2.45) is 5.73 Å². The number of nitrogens with two attached hydrogens (primary N) is 1. The number of carbonyl (C=O) groups excluding carboxylic acids is 1. The van der Waals surface area contributed by atoms with Crippen LogP contribution in [0.1, 0.15) is 16.2 Å². The topological polar surface area (TPSA) is 56.0 Å². The Labute approximate surface area is 69.2 Å². The van der Waals surface area contributed by atoms with Gasteiger partial charge in [0.05, 0.1) is 0 Å². The molecule has 1 aromatic heterocycles. The number of hydrogen-bond donors (Lipinski definition) is 1. The minimum Gasteiger partial charge on any atom is -0.364 e. The summed E-state index contributed by atoms with van der Waals surface area (Å²) in [6.45, 7) is 1.75. The molecule has 0 radical (unpaired) electrons. The second-order valence-corrected chi connectivity index (χ2v) is 2.61. The van der Waals surface area contributed by atoms with Gasteiger partial charge in [0.25, 0.3) is 5.91 Å². The molecule has 1 rings (SSSR count). The Kier molecular flexibility index (Phi) is 2.10. The molecular formula is C7H7ClN2O. The summed E-state index contributed by atoms with van der Waals surface area (Å²) in [5.74, 6) is -0.560. The molecule has 0 fully saturated rings. The fourth-order valence-electron chi connectivity index (χ4n) is 0.753. The molecule has 0 saturated carbocycles. The van der Waals surface area contributed by atoms with E-state index in [0.717, 1.165) is 0 Å². The first-order valence-corrected chi connectivity index (χ1v) is 3.41. The van der Waals surface area contributed by atoms with Gasteiger partial charge in [-0.25, -0.2) is 4.98 Å². The number of carbonyl (C=O) groups is 1. The highest BCUT2D eigenvalue weighted by Crippen LogP contribution is 2.10.